The molecule has 1 nitrogen and oxygen atoms in total. The molecule has 0 aliphatic heterocycles. The summed E-state index contributed by atoms with van der Waals surface area (Å²) >= 11 is 0. The van der Waals surface area contributed by atoms with Gasteiger partial charge in [-0.05, 0) is 30.7 Å². The highest BCUT2D eigenvalue weighted by Crippen LogP contribution is 2.37. The van der Waals surface area contributed by atoms with E-state index >= 15 is 0 Å². The number of hydrogen-bond donors (Lipinski definition) is 1. The van der Waals surface area contributed by atoms with Crippen molar-refractivity contribution in [2.45, 2.75) is 25.2 Å². The van der Waals surface area contributed by atoms with Crippen LogP contribution in [0.1, 0.15) is 30.7 Å². The Kier molecular flexibility index (Phi) is 3.00. The van der Waals surface area contributed by atoms with E-state index in [1.807, 2.05) is 6.08 Å². The van der Waals surface area contributed by atoms with Crippen molar-refractivity contribution in [2.75, 3.05) is 6.61 Å². The van der Waals surface area contributed by atoms with Crippen LogP contribution < -0.4 is 0 Å². The molecule has 1 aromatic rings. The molecule has 1 aliphatic carbocycles. The lowest BCUT2D eigenvalue weighted by Gasteiger charge is -2.07. The first-order valence-electron chi connectivity index (χ1n) is 5.24. The second-order valence-electron chi connectivity index (χ2n) is 3.90. The Labute approximate surface area is 85.1 Å². The Bertz CT molecular complexity index is 313. The average molecular weight is 188 g/mol. The zero-order chi connectivity index (χ0) is 9.80. The fraction of sp³-hybridized carbons (Fsp3) is 0.385. The van der Waals surface area contributed by atoms with E-state index in [0.29, 0.717) is 5.92 Å². The van der Waals surface area contributed by atoms with Gasteiger partial charge in [-0.25, -0.2) is 0 Å². The van der Waals surface area contributed by atoms with Crippen LogP contribution in [0.5, 0.6) is 0 Å². The van der Waals surface area contributed by atoms with Crippen LogP contribution in [0.3, 0.4) is 0 Å². The van der Waals surface area contributed by atoms with Gasteiger partial charge in [0, 0.05) is 0 Å². The highest BCUT2D eigenvalue weighted by Gasteiger charge is 2.19. The van der Waals surface area contributed by atoms with Crippen molar-refractivity contribution in [3.63, 3.8) is 0 Å². The molecule has 0 heterocycles. The lowest BCUT2D eigenvalue weighted by molar-refractivity contribution is 0.341. The Morgan fingerprint density at radius 2 is 2.07 bits per heavy atom. The molecule has 74 valence electrons. The van der Waals surface area contributed by atoms with Gasteiger partial charge in [-0.15, -0.1) is 0 Å². The highest BCUT2D eigenvalue weighted by atomic mass is 16.2. The van der Waals surface area contributed by atoms with Gasteiger partial charge in [-0.1, -0.05) is 42.0 Å². The molecule has 1 unspecified atom stereocenters. The van der Waals surface area contributed by atoms with Gasteiger partial charge >= 0.3 is 0 Å². The molecule has 1 fully saturated rings. The van der Waals surface area contributed by atoms with E-state index in [2.05, 4.69) is 30.3 Å². The van der Waals surface area contributed by atoms with Gasteiger partial charge in [0.15, 0.2) is 0 Å². The first kappa shape index (κ1) is 9.47. The van der Waals surface area contributed by atoms with Crippen molar-refractivity contribution in [3.05, 3.63) is 47.5 Å². The fourth-order valence-corrected chi connectivity index (χ4v) is 2.20. The number of rotatable bonds is 2. The summed E-state index contributed by atoms with van der Waals surface area (Å²) in [6.45, 7) is 0.191. The van der Waals surface area contributed by atoms with Gasteiger partial charge in [-0.3, -0.25) is 0 Å². The SMILES string of the molecule is OCC=C1CCC(c2ccccc2)C1. The molecule has 2 rings (SSSR count). The normalized spacial score (nSPS) is 24.4. The van der Waals surface area contributed by atoms with Crippen LogP contribution in [-0.2, 0) is 0 Å². The summed E-state index contributed by atoms with van der Waals surface area (Å²) in [5.41, 5.74) is 2.86. The van der Waals surface area contributed by atoms with Crippen LogP contribution in [0, 0.1) is 0 Å². The zero-order valence-corrected chi connectivity index (χ0v) is 8.32. The van der Waals surface area contributed by atoms with Crippen LogP contribution in [0.25, 0.3) is 0 Å². The molecule has 0 aromatic heterocycles. The molecule has 14 heavy (non-hydrogen) atoms. The number of aliphatic hydroxyl groups is 1. The van der Waals surface area contributed by atoms with Crippen molar-refractivity contribution < 1.29 is 5.11 Å². The molecule has 1 aromatic carbocycles. The number of aliphatic hydroxyl groups excluding tert-OH is 1. The topological polar surface area (TPSA) is 20.2 Å². The Morgan fingerprint density at radius 3 is 2.79 bits per heavy atom. The molecule has 0 radical (unpaired) electrons. The minimum Gasteiger partial charge on any atom is -0.392 e. The molecule has 1 N–H and O–H groups in total. The van der Waals surface area contributed by atoms with Crippen molar-refractivity contribution in [1.82, 2.24) is 0 Å². The first-order chi connectivity index (χ1) is 6.90. The number of allylic oxidation sites excluding steroid dienone is 1. The maximum atomic E-state index is 8.81. The van der Waals surface area contributed by atoms with Gasteiger partial charge in [0.05, 0.1) is 6.61 Å². The number of benzene rings is 1. The van der Waals surface area contributed by atoms with Gasteiger partial charge in [-0.2, -0.15) is 0 Å². The average Bonchev–Trinajstić information content (AvgIpc) is 2.68. The molecule has 0 bridgehead atoms. The van der Waals surface area contributed by atoms with E-state index in [-0.39, 0.29) is 6.61 Å². The fourth-order valence-electron chi connectivity index (χ4n) is 2.20. The summed E-state index contributed by atoms with van der Waals surface area (Å²) in [5.74, 6) is 0.675. The molecule has 1 heteroatoms. The Hall–Kier alpha value is -1.08. The lowest BCUT2D eigenvalue weighted by atomic mass is 9.97. The van der Waals surface area contributed by atoms with Crippen LogP contribution in [0.4, 0.5) is 0 Å². The second-order valence-corrected chi connectivity index (χ2v) is 3.90. The predicted octanol–water partition coefficient (Wildman–Crippen LogP) is 2.87. The van der Waals surface area contributed by atoms with Crippen LogP contribution in [-0.4, -0.2) is 11.7 Å². The summed E-state index contributed by atoms with van der Waals surface area (Å²) < 4.78 is 0. The van der Waals surface area contributed by atoms with Crippen molar-refractivity contribution in [1.29, 1.82) is 0 Å². The third kappa shape index (κ3) is 2.05. The summed E-state index contributed by atoms with van der Waals surface area (Å²) in [7, 11) is 0. The van der Waals surface area contributed by atoms with E-state index in [0.717, 1.165) is 12.8 Å². The van der Waals surface area contributed by atoms with Crippen LogP contribution in [0.2, 0.25) is 0 Å². The van der Waals surface area contributed by atoms with Gasteiger partial charge in [0.2, 0.25) is 0 Å². The van der Waals surface area contributed by atoms with Crippen molar-refractivity contribution in [2.24, 2.45) is 0 Å². The second kappa shape index (κ2) is 4.43. The predicted molar refractivity (Wildman–Crippen MR) is 58.2 cm³/mol. The quantitative estimate of drug-likeness (QED) is 0.707. The van der Waals surface area contributed by atoms with E-state index in [9.17, 15) is 0 Å². The third-order valence-corrected chi connectivity index (χ3v) is 2.97. The number of hydrogen-bond acceptors (Lipinski definition) is 1. The lowest BCUT2D eigenvalue weighted by Crippen LogP contribution is -1.90. The third-order valence-electron chi connectivity index (χ3n) is 2.97. The molecule has 0 spiro atoms. The van der Waals surface area contributed by atoms with Crippen LogP contribution in [0.15, 0.2) is 42.0 Å². The Balaban J connectivity index is 2.06. The van der Waals surface area contributed by atoms with Gasteiger partial charge in [0.1, 0.15) is 0 Å². The molecule has 0 saturated heterocycles. The molecule has 1 atom stereocenters. The first-order valence-corrected chi connectivity index (χ1v) is 5.24. The standard InChI is InChI=1S/C13H16O/c14-9-8-11-6-7-13(10-11)12-4-2-1-3-5-12/h1-5,8,13-14H,6-7,9-10H2. The highest BCUT2D eigenvalue weighted by molar-refractivity contribution is 5.25. The maximum absolute atomic E-state index is 8.81. The van der Waals surface area contributed by atoms with Gasteiger partial charge < -0.3 is 5.11 Å². The smallest absolute Gasteiger partial charge is 0.0615 e. The summed E-state index contributed by atoms with van der Waals surface area (Å²) in [5, 5.41) is 8.81. The van der Waals surface area contributed by atoms with E-state index in [4.69, 9.17) is 5.11 Å². The molecule has 0 amide bonds. The summed E-state index contributed by atoms with van der Waals surface area (Å²) in [6.07, 6.45) is 5.48. The monoisotopic (exact) mass is 188 g/mol. The molecular weight excluding hydrogens is 172 g/mol. The largest absolute Gasteiger partial charge is 0.392 e. The van der Waals surface area contributed by atoms with E-state index < -0.39 is 0 Å². The van der Waals surface area contributed by atoms with E-state index in [1.54, 1.807) is 0 Å². The molecular formula is C13H16O. The van der Waals surface area contributed by atoms with Crippen LogP contribution >= 0.6 is 0 Å². The molecule has 1 aliphatic rings. The zero-order valence-electron chi connectivity index (χ0n) is 8.32. The molecule has 1 saturated carbocycles. The van der Waals surface area contributed by atoms with Crippen molar-refractivity contribution >= 4 is 0 Å². The summed E-state index contributed by atoms with van der Waals surface area (Å²) in [6, 6.07) is 10.7. The van der Waals surface area contributed by atoms with Crippen molar-refractivity contribution in [3.8, 4) is 0 Å². The Morgan fingerprint density at radius 1 is 1.29 bits per heavy atom. The summed E-state index contributed by atoms with van der Waals surface area (Å²) in [4.78, 5) is 0. The van der Waals surface area contributed by atoms with E-state index in [1.165, 1.54) is 17.6 Å². The minimum atomic E-state index is 0.191. The van der Waals surface area contributed by atoms with Gasteiger partial charge in [0.25, 0.3) is 0 Å². The maximum Gasteiger partial charge on any atom is 0.0615 e. The minimum absolute atomic E-state index is 0.191.